The van der Waals surface area contributed by atoms with E-state index in [2.05, 4.69) is 10.6 Å². The van der Waals surface area contributed by atoms with Gasteiger partial charge in [0.25, 0.3) is 0 Å². The Bertz CT molecular complexity index is 262. The lowest BCUT2D eigenvalue weighted by Crippen LogP contribution is -2.43. The lowest BCUT2D eigenvalue weighted by molar-refractivity contribution is -0.129. The number of carbonyl (C=O) groups excluding carboxylic acids is 1. The van der Waals surface area contributed by atoms with Crippen molar-refractivity contribution in [1.29, 1.82) is 0 Å². The van der Waals surface area contributed by atoms with Crippen molar-refractivity contribution in [3.8, 4) is 0 Å². The van der Waals surface area contributed by atoms with Crippen LogP contribution in [-0.2, 0) is 4.79 Å². The van der Waals surface area contributed by atoms with E-state index in [4.69, 9.17) is 0 Å². The van der Waals surface area contributed by atoms with Gasteiger partial charge in [0.2, 0.25) is 5.91 Å². The van der Waals surface area contributed by atoms with Gasteiger partial charge in [-0.1, -0.05) is 6.42 Å². The van der Waals surface area contributed by atoms with Crippen molar-refractivity contribution in [2.45, 2.75) is 38.7 Å². The first-order chi connectivity index (χ1) is 7.62. The van der Waals surface area contributed by atoms with Gasteiger partial charge >= 0.3 is 0 Å². The molecule has 0 aromatic rings. The maximum atomic E-state index is 12.0. The Hall–Kier alpha value is -0.610. The van der Waals surface area contributed by atoms with Gasteiger partial charge in [-0.2, -0.15) is 0 Å². The first-order valence-electron chi connectivity index (χ1n) is 6.29. The van der Waals surface area contributed by atoms with Crippen molar-refractivity contribution in [3.63, 3.8) is 0 Å². The summed E-state index contributed by atoms with van der Waals surface area (Å²) in [5.41, 5.74) is -0.246. The second kappa shape index (κ2) is 4.72. The Kier molecular flexibility index (Phi) is 3.50. The van der Waals surface area contributed by atoms with Crippen molar-refractivity contribution in [1.82, 2.24) is 10.6 Å². The average molecular weight is 226 g/mol. The summed E-state index contributed by atoms with van der Waals surface area (Å²) < 4.78 is 0. The van der Waals surface area contributed by atoms with E-state index in [9.17, 15) is 9.90 Å². The quantitative estimate of drug-likeness (QED) is 0.647. The van der Waals surface area contributed by atoms with Gasteiger partial charge in [-0.05, 0) is 32.7 Å². The van der Waals surface area contributed by atoms with Gasteiger partial charge < -0.3 is 15.7 Å². The van der Waals surface area contributed by atoms with E-state index < -0.39 is 0 Å². The van der Waals surface area contributed by atoms with Crippen molar-refractivity contribution >= 4 is 5.91 Å². The number of aliphatic hydroxyl groups excluding tert-OH is 1. The third kappa shape index (κ3) is 2.38. The zero-order chi connectivity index (χ0) is 11.6. The zero-order valence-corrected chi connectivity index (χ0v) is 9.96. The molecule has 0 radical (unpaired) electrons. The van der Waals surface area contributed by atoms with Crippen LogP contribution in [0.3, 0.4) is 0 Å². The van der Waals surface area contributed by atoms with Crippen LogP contribution in [0.5, 0.6) is 0 Å². The minimum Gasteiger partial charge on any atom is -0.393 e. The number of carbonyl (C=O) groups is 1. The second-order valence-corrected chi connectivity index (χ2v) is 5.46. The van der Waals surface area contributed by atoms with E-state index in [1.54, 1.807) is 0 Å². The molecule has 4 heteroatoms. The maximum absolute atomic E-state index is 12.0. The number of rotatable bonds is 3. The standard InChI is InChI=1S/C12H22N2O2/c1-12(5-6-13-8-12)11(16)14-7-9-3-2-4-10(9)15/h9-10,13,15H,2-8H2,1H3,(H,14,16). The highest BCUT2D eigenvalue weighted by Crippen LogP contribution is 2.27. The summed E-state index contributed by atoms with van der Waals surface area (Å²) in [5, 5.41) is 15.9. The van der Waals surface area contributed by atoms with E-state index >= 15 is 0 Å². The molecule has 0 bridgehead atoms. The minimum atomic E-state index is -0.246. The van der Waals surface area contributed by atoms with Crippen molar-refractivity contribution < 1.29 is 9.90 Å². The summed E-state index contributed by atoms with van der Waals surface area (Å²) in [4.78, 5) is 12.0. The van der Waals surface area contributed by atoms with E-state index in [0.717, 1.165) is 38.8 Å². The van der Waals surface area contributed by atoms with Crippen LogP contribution < -0.4 is 10.6 Å². The first-order valence-corrected chi connectivity index (χ1v) is 6.29. The molecule has 0 aromatic heterocycles. The van der Waals surface area contributed by atoms with E-state index in [1.165, 1.54) is 0 Å². The zero-order valence-electron chi connectivity index (χ0n) is 9.96. The predicted octanol–water partition coefficient (Wildman–Crippen LogP) is 0.263. The third-order valence-electron chi connectivity index (χ3n) is 4.06. The van der Waals surface area contributed by atoms with Crippen molar-refractivity contribution in [2.75, 3.05) is 19.6 Å². The third-order valence-corrected chi connectivity index (χ3v) is 4.06. The summed E-state index contributed by atoms with van der Waals surface area (Å²) in [6.45, 7) is 4.34. The summed E-state index contributed by atoms with van der Waals surface area (Å²) in [6, 6.07) is 0. The molecule has 92 valence electrons. The number of hydrogen-bond donors (Lipinski definition) is 3. The molecule has 3 unspecified atom stereocenters. The Morgan fingerprint density at radius 3 is 2.94 bits per heavy atom. The smallest absolute Gasteiger partial charge is 0.227 e. The average Bonchev–Trinajstić information content (AvgIpc) is 2.85. The Morgan fingerprint density at radius 2 is 2.38 bits per heavy atom. The second-order valence-electron chi connectivity index (χ2n) is 5.46. The Labute approximate surface area is 96.8 Å². The molecule has 1 aliphatic carbocycles. The highest BCUT2D eigenvalue weighted by atomic mass is 16.3. The van der Waals surface area contributed by atoms with Crippen LogP contribution in [0.25, 0.3) is 0 Å². The van der Waals surface area contributed by atoms with Crippen molar-refractivity contribution in [2.24, 2.45) is 11.3 Å². The maximum Gasteiger partial charge on any atom is 0.227 e. The fourth-order valence-corrected chi connectivity index (χ4v) is 2.70. The van der Waals surface area contributed by atoms with Gasteiger partial charge in [0.1, 0.15) is 0 Å². The molecule has 1 aliphatic heterocycles. The Balaban J connectivity index is 1.79. The van der Waals surface area contributed by atoms with Gasteiger partial charge in [0, 0.05) is 19.0 Å². The minimum absolute atomic E-state index is 0.136. The molecule has 1 saturated heterocycles. The number of amides is 1. The summed E-state index contributed by atoms with van der Waals surface area (Å²) >= 11 is 0. The molecular formula is C12H22N2O2. The van der Waals surface area contributed by atoms with Crippen LogP contribution in [0.4, 0.5) is 0 Å². The fraction of sp³-hybridized carbons (Fsp3) is 0.917. The fourth-order valence-electron chi connectivity index (χ4n) is 2.70. The van der Waals surface area contributed by atoms with Gasteiger partial charge in [-0.25, -0.2) is 0 Å². The van der Waals surface area contributed by atoms with Crippen LogP contribution in [-0.4, -0.2) is 36.8 Å². The van der Waals surface area contributed by atoms with E-state index in [-0.39, 0.29) is 23.3 Å². The molecular weight excluding hydrogens is 204 g/mol. The van der Waals surface area contributed by atoms with Gasteiger partial charge in [0.05, 0.1) is 11.5 Å². The number of nitrogens with one attached hydrogen (secondary N) is 2. The number of aliphatic hydroxyl groups is 1. The van der Waals surface area contributed by atoms with Crippen LogP contribution in [0.15, 0.2) is 0 Å². The van der Waals surface area contributed by atoms with Crippen LogP contribution in [0.1, 0.15) is 32.6 Å². The van der Waals surface area contributed by atoms with Crippen LogP contribution in [0, 0.1) is 11.3 Å². The Morgan fingerprint density at radius 1 is 1.56 bits per heavy atom. The normalized spacial score (nSPS) is 38.9. The molecule has 16 heavy (non-hydrogen) atoms. The molecule has 3 atom stereocenters. The molecule has 0 spiro atoms. The molecule has 1 saturated carbocycles. The van der Waals surface area contributed by atoms with Crippen molar-refractivity contribution in [3.05, 3.63) is 0 Å². The lowest BCUT2D eigenvalue weighted by Gasteiger charge is -2.23. The van der Waals surface area contributed by atoms with Crippen LogP contribution in [0.2, 0.25) is 0 Å². The monoisotopic (exact) mass is 226 g/mol. The molecule has 0 aromatic carbocycles. The molecule has 1 amide bonds. The summed E-state index contributed by atoms with van der Waals surface area (Å²) in [7, 11) is 0. The highest BCUT2D eigenvalue weighted by molar-refractivity contribution is 5.82. The summed E-state index contributed by atoms with van der Waals surface area (Å²) in [5.74, 6) is 0.401. The van der Waals surface area contributed by atoms with E-state index in [0.29, 0.717) is 6.54 Å². The largest absolute Gasteiger partial charge is 0.393 e. The number of hydrogen-bond acceptors (Lipinski definition) is 3. The predicted molar refractivity (Wildman–Crippen MR) is 62.0 cm³/mol. The molecule has 2 rings (SSSR count). The molecule has 1 heterocycles. The van der Waals surface area contributed by atoms with Gasteiger partial charge in [0.15, 0.2) is 0 Å². The lowest BCUT2D eigenvalue weighted by atomic mass is 9.88. The summed E-state index contributed by atoms with van der Waals surface area (Å²) in [6.07, 6.45) is 3.71. The molecule has 2 fully saturated rings. The molecule has 3 N–H and O–H groups in total. The van der Waals surface area contributed by atoms with E-state index in [1.807, 2.05) is 6.92 Å². The first kappa shape index (κ1) is 11.9. The molecule has 2 aliphatic rings. The van der Waals surface area contributed by atoms with Crippen LogP contribution >= 0.6 is 0 Å². The highest BCUT2D eigenvalue weighted by Gasteiger charge is 2.36. The van der Waals surface area contributed by atoms with Gasteiger partial charge in [-0.3, -0.25) is 4.79 Å². The topological polar surface area (TPSA) is 61.4 Å². The van der Waals surface area contributed by atoms with Gasteiger partial charge in [-0.15, -0.1) is 0 Å². The SMILES string of the molecule is CC1(C(=O)NCC2CCCC2O)CCNC1. The molecule has 4 nitrogen and oxygen atoms in total.